The molecule has 9 heteroatoms. The van der Waals surface area contributed by atoms with Crippen LogP contribution < -0.4 is 15.5 Å². The van der Waals surface area contributed by atoms with Crippen LogP contribution in [0.25, 0.3) is 11.3 Å². The number of hydrogen-bond donors (Lipinski definition) is 3. The predicted octanol–water partition coefficient (Wildman–Crippen LogP) is 3.27. The summed E-state index contributed by atoms with van der Waals surface area (Å²) in [5, 5.41) is 20.8. The second-order valence-corrected chi connectivity index (χ2v) is 8.61. The van der Waals surface area contributed by atoms with Crippen LogP contribution in [0.3, 0.4) is 0 Å². The van der Waals surface area contributed by atoms with E-state index >= 15 is 0 Å². The number of likely N-dealkylation sites (tertiary alicyclic amines) is 1. The quantitative estimate of drug-likeness (QED) is 0.663. The highest BCUT2D eigenvalue weighted by molar-refractivity contribution is 5.66. The second kappa shape index (κ2) is 7.88. The molecule has 1 aliphatic rings. The summed E-state index contributed by atoms with van der Waals surface area (Å²) < 4.78 is 14.6. The van der Waals surface area contributed by atoms with Crippen molar-refractivity contribution in [3.8, 4) is 17.3 Å². The smallest absolute Gasteiger partial charge is 0.405 e. The summed E-state index contributed by atoms with van der Waals surface area (Å²) in [6, 6.07) is 7.66. The van der Waals surface area contributed by atoms with Crippen molar-refractivity contribution < 1.29 is 14.3 Å². The third kappa shape index (κ3) is 4.04. The molecule has 3 rings (SSSR count). The number of carboxylic acid groups (broad SMARTS) is 1. The molecule has 0 aliphatic carbocycles. The van der Waals surface area contributed by atoms with Gasteiger partial charge >= 0.3 is 6.09 Å². The number of carbonyl (C=O) groups is 1. The van der Waals surface area contributed by atoms with Crippen LogP contribution in [0.5, 0.6) is 0 Å². The summed E-state index contributed by atoms with van der Waals surface area (Å²) in [6.45, 7) is 7.52. The molecule has 0 spiro atoms. The lowest BCUT2D eigenvalue weighted by Gasteiger charge is -2.51. The highest BCUT2D eigenvalue weighted by atomic mass is 19.1. The molecule has 2 atom stereocenters. The molecule has 8 nitrogen and oxygen atoms in total. The Morgan fingerprint density at radius 2 is 2.10 bits per heavy atom. The lowest BCUT2D eigenvalue weighted by Crippen LogP contribution is -2.69. The lowest BCUT2D eigenvalue weighted by atomic mass is 9.92. The van der Waals surface area contributed by atoms with Crippen molar-refractivity contribution in [3.05, 3.63) is 35.6 Å². The third-order valence-electron chi connectivity index (χ3n) is 5.79. The molecule has 1 aliphatic heterocycles. The maximum absolute atomic E-state index is 14.2. The Morgan fingerprint density at radius 1 is 1.37 bits per heavy atom. The average Bonchev–Trinajstić information content (AvgIpc) is 2.66. The summed E-state index contributed by atoms with van der Waals surface area (Å²) in [6.07, 6.45) is 0.508. The molecular formula is C21H26FN6O2+. The number of nitrogen functional groups attached to an aromatic ring is 1. The number of nitrogens with two attached hydrogens (primary N) is 1. The Balaban J connectivity index is 2.11. The number of rotatable bonds is 3. The molecular weight excluding hydrogens is 387 g/mol. The molecule has 1 fully saturated rings. The molecule has 0 radical (unpaired) electrons. The number of nitriles is 1. The van der Waals surface area contributed by atoms with E-state index in [-0.39, 0.29) is 23.1 Å². The first-order chi connectivity index (χ1) is 14.1. The molecule has 1 aromatic carbocycles. The number of nitrogens with one attached hydrogen (secondary N) is 1. The largest absolute Gasteiger partial charge is 0.465 e. The minimum Gasteiger partial charge on any atom is -0.465 e. The number of halogens is 1. The highest BCUT2D eigenvalue weighted by Crippen LogP contribution is 2.38. The van der Waals surface area contributed by atoms with Crippen molar-refractivity contribution >= 4 is 17.9 Å². The third-order valence-corrected chi connectivity index (χ3v) is 5.79. The van der Waals surface area contributed by atoms with E-state index in [0.29, 0.717) is 28.1 Å². The molecule has 2 aromatic rings. The van der Waals surface area contributed by atoms with Crippen molar-refractivity contribution in [2.45, 2.75) is 45.2 Å². The van der Waals surface area contributed by atoms with Gasteiger partial charge in [-0.1, -0.05) is 6.07 Å². The Hall–Kier alpha value is -3.25. The van der Waals surface area contributed by atoms with E-state index in [1.165, 1.54) is 12.1 Å². The minimum absolute atomic E-state index is 0.0437. The van der Waals surface area contributed by atoms with Gasteiger partial charge in [0.05, 0.1) is 29.4 Å². The van der Waals surface area contributed by atoms with Crippen molar-refractivity contribution in [2.75, 3.05) is 18.8 Å². The maximum Gasteiger partial charge on any atom is 0.405 e. The van der Waals surface area contributed by atoms with Gasteiger partial charge < -0.3 is 16.2 Å². The van der Waals surface area contributed by atoms with Crippen LogP contribution in [0.4, 0.5) is 21.0 Å². The number of piperidine rings is 1. The topological polar surface area (TPSA) is 125 Å². The van der Waals surface area contributed by atoms with Crippen LogP contribution >= 0.6 is 0 Å². The number of aromatic nitrogens is 2. The summed E-state index contributed by atoms with van der Waals surface area (Å²) in [4.78, 5) is 20.0. The monoisotopic (exact) mass is 413 g/mol. The van der Waals surface area contributed by atoms with Crippen LogP contribution in [0, 0.1) is 17.1 Å². The SMILES string of the molecule is CC(C)(C)[N+]1(c2cc(-c3ccc(C#N)c(F)c3)nc(N)n2)CCC[C@H](NC(=O)O)C1. The number of anilines is 1. The van der Waals surface area contributed by atoms with Gasteiger partial charge in [-0.3, -0.25) is 4.48 Å². The summed E-state index contributed by atoms with van der Waals surface area (Å²) in [5.41, 5.74) is 6.63. The molecule has 1 unspecified atom stereocenters. The Bertz CT molecular complexity index is 1010. The fourth-order valence-electron chi connectivity index (χ4n) is 4.20. The number of amides is 1. The lowest BCUT2D eigenvalue weighted by molar-refractivity contribution is 0.0898. The van der Waals surface area contributed by atoms with E-state index < -0.39 is 11.9 Å². The zero-order chi connectivity index (χ0) is 22.1. The second-order valence-electron chi connectivity index (χ2n) is 8.61. The number of benzene rings is 1. The van der Waals surface area contributed by atoms with Crippen molar-refractivity contribution in [1.29, 1.82) is 5.26 Å². The highest BCUT2D eigenvalue weighted by Gasteiger charge is 2.48. The zero-order valence-electron chi connectivity index (χ0n) is 17.3. The van der Waals surface area contributed by atoms with Gasteiger partial charge in [-0.15, -0.1) is 0 Å². The van der Waals surface area contributed by atoms with Gasteiger partial charge in [0.1, 0.15) is 18.4 Å². The van der Waals surface area contributed by atoms with E-state index in [2.05, 4.69) is 36.1 Å². The zero-order valence-corrected chi connectivity index (χ0v) is 17.3. The number of nitrogens with zero attached hydrogens (tertiary/aromatic N) is 4. The van der Waals surface area contributed by atoms with Gasteiger partial charge in [-0.2, -0.15) is 10.2 Å². The molecule has 2 heterocycles. The molecule has 0 bridgehead atoms. The number of quaternary nitrogens is 1. The Kier molecular flexibility index (Phi) is 5.63. The first-order valence-electron chi connectivity index (χ1n) is 9.77. The molecule has 30 heavy (non-hydrogen) atoms. The standard InChI is InChI=1S/C21H25FN6O2/c1-21(2,3)28(8-4-5-15(12-28)25-20(29)30)18-10-17(26-19(24)27-18)13-6-7-14(11-23)16(22)9-13/h6-7,9-10,15,25H,4-5,8,12H2,1-3H3,(H2-,24,26,27,29,30)/p+1/t15-,28?/m0/s1. The fourth-order valence-corrected chi connectivity index (χ4v) is 4.20. The first-order valence-corrected chi connectivity index (χ1v) is 9.77. The van der Waals surface area contributed by atoms with Crippen LogP contribution in [-0.2, 0) is 0 Å². The molecule has 1 aromatic heterocycles. The molecule has 1 saturated heterocycles. The Morgan fingerprint density at radius 3 is 2.70 bits per heavy atom. The van der Waals surface area contributed by atoms with Crippen LogP contribution in [-0.4, -0.2) is 45.8 Å². The van der Waals surface area contributed by atoms with Gasteiger partial charge in [-0.25, -0.2) is 14.2 Å². The normalized spacial score (nSPS) is 21.6. The summed E-state index contributed by atoms with van der Waals surface area (Å²) in [7, 11) is 0. The summed E-state index contributed by atoms with van der Waals surface area (Å²) in [5.74, 6) is 0.0890. The van der Waals surface area contributed by atoms with Crippen molar-refractivity contribution in [2.24, 2.45) is 0 Å². The van der Waals surface area contributed by atoms with E-state index in [0.717, 1.165) is 19.4 Å². The Labute approximate surface area is 174 Å². The van der Waals surface area contributed by atoms with Crippen LogP contribution in [0.15, 0.2) is 24.3 Å². The van der Waals surface area contributed by atoms with E-state index in [1.54, 1.807) is 18.2 Å². The van der Waals surface area contributed by atoms with Gasteiger partial charge in [0.2, 0.25) is 11.8 Å². The minimum atomic E-state index is -1.05. The van der Waals surface area contributed by atoms with Gasteiger partial charge in [0.25, 0.3) is 0 Å². The molecule has 0 saturated carbocycles. The van der Waals surface area contributed by atoms with Crippen LogP contribution in [0.1, 0.15) is 39.2 Å². The van der Waals surface area contributed by atoms with Gasteiger partial charge in [0, 0.05) is 11.6 Å². The van der Waals surface area contributed by atoms with Gasteiger partial charge in [-0.05, 0) is 45.7 Å². The maximum atomic E-state index is 14.2. The predicted molar refractivity (Wildman–Crippen MR) is 112 cm³/mol. The first kappa shape index (κ1) is 21.5. The van der Waals surface area contributed by atoms with Crippen LogP contribution in [0.2, 0.25) is 0 Å². The van der Waals surface area contributed by atoms with E-state index in [4.69, 9.17) is 11.0 Å². The van der Waals surface area contributed by atoms with E-state index in [9.17, 15) is 14.3 Å². The molecule has 158 valence electrons. The van der Waals surface area contributed by atoms with Gasteiger partial charge in [0.15, 0.2) is 0 Å². The van der Waals surface area contributed by atoms with Crippen molar-refractivity contribution in [3.63, 3.8) is 0 Å². The fraction of sp³-hybridized carbons (Fsp3) is 0.429. The van der Waals surface area contributed by atoms with Crippen molar-refractivity contribution in [1.82, 2.24) is 19.8 Å². The summed E-state index contributed by atoms with van der Waals surface area (Å²) >= 11 is 0. The number of hydrogen-bond acceptors (Lipinski definition) is 5. The molecule has 1 amide bonds. The molecule has 4 N–H and O–H groups in total. The van der Waals surface area contributed by atoms with E-state index in [1.807, 2.05) is 0 Å². The average molecular weight is 413 g/mol.